The molecule has 2 nitrogen and oxygen atoms in total. The number of rotatable bonds is 6. The minimum absolute atomic E-state index is 0.383. The summed E-state index contributed by atoms with van der Waals surface area (Å²) in [4.78, 5) is 2.53. The molecule has 3 heteroatoms. The van der Waals surface area contributed by atoms with E-state index in [1.165, 1.54) is 56.2 Å². The summed E-state index contributed by atoms with van der Waals surface area (Å²) in [5.41, 5.74) is 2.97. The van der Waals surface area contributed by atoms with E-state index < -0.39 is 0 Å². The van der Waals surface area contributed by atoms with Crippen molar-refractivity contribution in [3.05, 3.63) is 35.4 Å². The molecule has 2 aliphatic rings. The van der Waals surface area contributed by atoms with Crippen molar-refractivity contribution in [3.8, 4) is 0 Å². The largest absolute Gasteiger partial charge is 0.379 e. The van der Waals surface area contributed by atoms with Gasteiger partial charge in [-0.3, -0.25) is 4.90 Å². The molecule has 2 atom stereocenters. The summed E-state index contributed by atoms with van der Waals surface area (Å²) in [6.07, 6.45) is 8.71. The number of nitrogens with zero attached hydrogens (tertiary/aromatic N) is 1. The minimum atomic E-state index is 0.383. The number of morpholine rings is 1. The Morgan fingerprint density at radius 3 is 2.57 bits per heavy atom. The predicted molar refractivity (Wildman–Crippen MR) is 97.5 cm³/mol. The quantitative estimate of drug-likeness (QED) is 0.556. The Morgan fingerprint density at radius 2 is 1.83 bits per heavy atom. The monoisotopic (exact) mass is 335 g/mol. The van der Waals surface area contributed by atoms with Crippen molar-refractivity contribution in [2.24, 2.45) is 0 Å². The molecule has 2 unspecified atom stereocenters. The Labute approximate surface area is 146 Å². The summed E-state index contributed by atoms with van der Waals surface area (Å²) < 4.78 is 5.39. The number of ether oxygens (including phenoxy) is 1. The van der Waals surface area contributed by atoms with E-state index in [0.29, 0.717) is 11.3 Å². The fourth-order valence-corrected chi connectivity index (χ4v) is 4.25. The Balaban J connectivity index is 1.39. The smallest absolute Gasteiger partial charge is 0.0594 e. The lowest BCUT2D eigenvalue weighted by Crippen LogP contribution is -2.36. The van der Waals surface area contributed by atoms with E-state index in [0.717, 1.165) is 32.7 Å². The molecule has 1 saturated carbocycles. The molecular formula is C20H30ClNO. The third-order valence-electron chi connectivity index (χ3n) is 5.35. The summed E-state index contributed by atoms with van der Waals surface area (Å²) in [7, 11) is 0. The van der Waals surface area contributed by atoms with Crippen LogP contribution in [-0.2, 0) is 11.2 Å². The van der Waals surface area contributed by atoms with Crippen LogP contribution in [0.1, 0.15) is 55.6 Å². The van der Waals surface area contributed by atoms with Gasteiger partial charge in [0.2, 0.25) is 0 Å². The summed E-state index contributed by atoms with van der Waals surface area (Å²) in [6, 6.07) is 9.36. The Morgan fingerprint density at radius 1 is 1.04 bits per heavy atom. The van der Waals surface area contributed by atoms with Crippen LogP contribution in [0.3, 0.4) is 0 Å². The third-order valence-corrected chi connectivity index (χ3v) is 5.75. The zero-order chi connectivity index (χ0) is 15.9. The highest BCUT2D eigenvalue weighted by atomic mass is 35.5. The predicted octanol–water partition coefficient (Wildman–Crippen LogP) is 4.61. The summed E-state index contributed by atoms with van der Waals surface area (Å²) in [6.45, 7) is 5.26. The maximum atomic E-state index is 6.33. The summed E-state index contributed by atoms with van der Waals surface area (Å²) in [5, 5.41) is 0.383. The Hall–Kier alpha value is -0.570. The molecule has 1 saturated heterocycles. The number of benzene rings is 1. The average molecular weight is 336 g/mol. The highest BCUT2D eigenvalue weighted by molar-refractivity contribution is 6.20. The van der Waals surface area contributed by atoms with Crippen molar-refractivity contribution in [2.45, 2.75) is 56.2 Å². The standard InChI is InChI=1S/C20H30ClNO/c21-20-6-3-5-19(16-20)18-9-7-17(8-10-18)4-1-2-11-22-12-14-23-15-13-22/h7-10,19-20H,1-6,11-16H2. The van der Waals surface area contributed by atoms with Crippen molar-refractivity contribution in [1.82, 2.24) is 4.90 Å². The van der Waals surface area contributed by atoms with Crippen molar-refractivity contribution < 1.29 is 4.74 Å². The van der Waals surface area contributed by atoms with E-state index >= 15 is 0 Å². The fraction of sp³-hybridized carbons (Fsp3) is 0.700. The molecule has 3 rings (SSSR count). The van der Waals surface area contributed by atoms with Gasteiger partial charge in [0, 0.05) is 18.5 Å². The lowest BCUT2D eigenvalue weighted by Gasteiger charge is -2.26. The van der Waals surface area contributed by atoms with Crippen LogP contribution in [0, 0.1) is 0 Å². The maximum Gasteiger partial charge on any atom is 0.0594 e. The second-order valence-electron chi connectivity index (χ2n) is 7.11. The molecule has 0 radical (unpaired) electrons. The molecule has 0 bridgehead atoms. The molecule has 2 fully saturated rings. The lowest BCUT2D eigenvalue weighted by atomic mass is 9.83. The van der Waals surface area contributed by atoms with Gasteiger partial charge in [0.15, 0.2) is 0 Å². The van der Waals surface area contributed by atoms with Gasteiger partial charge < -0.3 is 4.74 Å². The maximum absolute atomic E-state index is 6.33. The first-order valence-electron chi connectivity index (χ1n) is 9.34. The van der Waals surface area contributed by atoms with Crippen molar-refractivity contribution in [3.63, 3.8) is 0 Å². The SMILES string of the molecule is ClC1CCCC(c2ccc(CCCCN3CCOCC3)cc2)C1. The Bertz CT molecular complexity index is 455. The lowest BCUT2D eigenvalue weighted by molar-refractivity contribution is 0.0372. The zero-order valence-corrected chi connectivity index (χ0v) is 14.9. The van der Waals surface area contributed by atoms with E-state index in [2.05, 4.69) is 29.2 Å². The van der Waals surface area contributed by atoms with Crippen LogP contribution >= 0.6 is 11.6 Å². The number of hydrogen-bond acceptors (Lipinski definition) is 2. The van der Waals surface area contributed by atoms with Gasteiger partial charge in [0.1, 0.15) is 0 Å². The van der Waals surface area contributed by atoms with Crippen molar-refractivity contribution in [2.75, 3.05) is 32.8 Å². The van der Waals surface area contributed by atoms with Gasteiger partial charge in [0.25, 0.3) is 0 Å². The van der Waals surface area contributed by atoms with Crippen LogP contribution in [0.4, 0.5) is 0 Å². The highest BCUT2D eigenvalue weighted by Gasteiger charge is 2.21. The summed E-state index contributed by atoms with van der Waals surface area (Å²) in [5.74, 6) is 0.682. The van der Waals surface area contributed by atoms with Gasteiger partial charge in [-0.05, 0) is 62.1 Å². The van der Waals surface area contributed by atoms with Crippen LogP contribution in [0.15, 0.2) is 24.3 Å². The van der Waals surface area contributed by atoms with E-state index in [1.54, 1.807) is 0 Å². The van der Waals surface area contributed by atoms with Crippen LogP contribution in [0.5, 0.6) is 0 Å². The van der Waals surface area contributed by atoms with E-state index in [9.17, 15) is 0 Å². The third kappa shape index (κ3) is 5.48. The van der Waals surface area contributed by atoms with Gasteiger partial charge in [-0.1, -0.05) is 30.7 Å². The van der Waals surface area contributed by atoms with E-state index in [-0.39, 0.29) is 0 Å². The van der Waals surface area contributed by atoms with Gasteiger partial charge in [-0.15, -0.1) is 11.6 Å². The van der Waals surface area contributed by atoms with Gasteiger partial charge in [0.05, 0.1) is 13.2 Å². The van der Waals surface area contributed by atoms with E-state index in [4.69, 9.17) is 16.3 Å². The Kier molecular flexibility index (Phi) is 6.79. The number of aryl methyl sites for hydroxylation is 1. The van der Waals surface area contributed by atoms with Gasteiger partial charge in [-0.2, -0.15) is 0 Å². The van der Waals surface area contributed by atoms with Crippen molar-refractivity contribution in [1.29, 1.82) is 0 Å². The molecule has 0 aromatic heterocycles. The molecule has 0 amide bonds. The molecular weight excluding hydrogens is 306 g/mol. The van der Waals surface area contributed by atoms with Crippen LogP contribution in [0.2, 0.25) is 0 Å². The first-order chi connectivity index (χ1) is 11.3. The van der Waals surface area contributed by atoms with Crippen LogP contribution in [-0.4, -0.2) is 43.1 Å². The molecule has 1 heterocycles. The molecule has 1 aliphatic heterocycles. The first-order valence-corrected chi connectivity index (χ1v) is 9.78. The van der Waals surface area contributed by atoms with E-state index in [1.807, 2.05) is 0 Å². The average Bonchev–Trinajstić information content (AvgIpc) is 2.60. The topological polar surface area (TPSA) is 12.5 Å². The van der Waals surface area contributed by atoms with Crippen LogP contribution < -0.4 is 0 Å². The molecule has 128 valence electrons. The van der Waals surface area contributed by atoms with Gasteiger partial charge >= 0.3 is 0 Å². The molecule has 1 aliphatic carbocycles. The number of hydrogen-bond donors (Lipinski definition) is 0. The molecule has 1 aromatic carbocycles. The van der Waals surface area contributed by atoms with Crippen molar-refractivity contribution >= 4 is 11.6 Å². The van der Waals surface area contributed by atoms with Gasteiger partial charge in [-0.25, -0.2) is 0 Å². The minimum Gasteiger partial charge on any atom is -0.379 e. The fourth-order valence-electron chi connectivity index (χ4n) is 3.88. The highest BCUT2D eigenvalue weighted by Crippen LogP contribution is 2.35. The molecule has 1 aromatic rings. The first kappa shape index (κ1) is 17.3. The number of unbranched alkanes of at least 4 members (excludes halogenated alkanes) is 1. The molecule has 23 heavy (non-hydrogen) atoms. The molecule has 0 N–H and O–H groups in total. The second kappa shape index (κ2) is 9.05. The number of halogens is 1. The number of alkyl halides is 1. The normalized spacial score (nSPS) is 26.3. The summed E-state index contributed by atoms with van der Waals surface area (Å²) >= 11 is 6.33. The van der Waals surface area contributed by atoms with Crippen LogP contribution in [0.25, 0.3) is 0 Å². The zero-order valence-electron chi connectivity index (χ0n) is 14.2. The molecule has 0 spiro atoms. The second-order valence-corrected chi connectivity index (χ2v) is 7.73.